The molecule has 0 amide bonds. The van der Waals surface area contributed by atoms with Crippen LogP contribution in [-0.4, -0.2) is 24.3 Å². The van der Waals surface area contributed by atoms with E-state index in [9.17, 15) is 9.90 Å². The molecule has 234 valence electrons. The van der Waals surface area contributed by atoms with E-state index >= 15 is 0 Å². The average Bonchev–Trinajstić information content (AvgIpc) is 3.32. The van der Waals surface area contributed by atoms with E-state index in [1.807, 2.05) is 0 Å². The number of carbonyl (C=O) groups is 1. The van der Waals surface area contributed by atoms with Crippen LogP contribution in [0.2, 0.25) is 0 Å². The van der Waals surface area contributed by atoms with Gasteiger partial charge in [0.05, 0.1) is 7.11 Å². The molecule has 42 heavy (non-hydrogen) atoms. The number of phenols is 1. The van der Waals surface area contributed by atoms with E-state index in [1.54, 1.807) is 24.3 Å². The summed E-state index contributed by atoms with van der Waals surface area (Å²) in [7, 11) is 1.52. The Bertz CT molecular complexity index is 1120. The second-order valence-corrected chi connectivity index (χ2v) is 15.8. The van der Waals surface area contributed by atoms with Gasteiger partial charge < -0.3 is 14.6 Å². The van der Waals surface area contributed by atoms with E-state index in [2.05, 4.69) is 41.5 Å². The lowest BCUT2D eigenvalue weighted by Gasteiger charge is -2.61. The van der Waals surface area contributed by atoms with Crippen molar-refractivity contribution in [3.8, 4) is 11.5 Å². The van der Waals surface area contributed by atoms with Crippen molar-refractivity contribution in [2.75, 3.05) is 7.11 Å². The molecule has 0 bridgehead atoms. The van der Waals surface area contributed by atoms with Crippen molar-refractivity contribution in [3.05, 3.63) is 29.8 Å². The number of aromatic hydroxyl groups is 1. The summed E-state index contributed by atoms with van der Waals surface area (Å²) in [5.41, 5.74) is 1.72. The van der Waals surface area contributed by atoms with E-state index in [-0.39, 0.29) is 17.8 Å². The monoisotopic (exact) mass is 578 g/mol. The van der Waals surface area contributed by atoms with Crippen LogP contribution in [-0.2, 0) is 9.53 Å². The molecule has 0 heterocycles. The van der Waals surface area contributed by atoms with E-state index in [4.69, 9.17) is 9.47 Å². The first-order valence-corrected chi connectivity index (χ1v) is 17.2. The number of phenolic OH excluding ortho intramolecular Hbond substituents is 1. The predicted octanol–water partition coefficient (Wildman–Crippen LogP) is 9.69. The average molecular weight is 579 g/mol. The lowest BCUT2D eigenvalue weighted by molar-refractivity contribution is -0.157. The Hall–Kier alpha value is -1.97. The lowest BCUT2D eigenvalue weighted by atomic mass is 9.44. The van der Waals surface area contributed by atoms with Gasteiger partial charge in [-0.1, -0.05) is 60.5 Å². The van der Waals surface area contributed by atoms with Crippen LogP contribution in [0.15, 0.2) is 24.3 Å². The van der Waals surface area contributed by atoms with Gasteiger partial charge in [0.15, 0.2) is 11.5 Å². The zero-order valence-electron chi connectivity index (χ0n) is 27.5. The molecule has 5 rings (SSSR count). The fourth-order valence-corrected chi connectivity index (χ4v) is 10.5. The summed E-state index contributed by atoms with van der Waals surface area (Å²) < 4.78 is 11.2. The summed E-state index contributed by atoms with van der Waals surface area (Å²) in [4.78, 5) is 12.7. The number of hydrogen-bond donors (Lipinski definition) is 1. The van der Waals surface area contributed by atoms with Crippen molar-refractivity contribution in [2.45, 2.75) is 118 Å². The van der Waals surface area contributed by atoms with Crippen molar-refractivity contribution in [3.63, 3.8) is 0 Å². The fraction of sp³-hybridized carbons (Fsp3) is 0.763. The molecule has 0 aromatic heterocycles. The summed E-state index contributed by atoms with van der Waals surface area (Å²) in [6.45, 7) is 15.1. The summed E-state index contributed by atoms with van der Waals surface area (Å²) in [5.74, 6) is 6.88. The summed E-state index contributed by atoms with van der Waals surface area (Å²) in [6, 6.07) is 5.07. The molecule has 0 aliphatic heterocycles. The first-order chi connectivity index (χ1) is 20.0. The minimum absolute atomic E-state index is 0.0185. The van der Waals surface area contributed by atoms with Crippen LogP contribution >= 0.6 is 0 Å². The summed E-state index contributed by atoms with van der Waals surface area (Å²) in [5, 5.41) is 9.82. The quantitative estimate of drug-likeness (QED) is 0.234. The molecule has 4 fully saturated rings. The number of carbonyl (C=O) groups excluding carboxylic acids is 1. The van der Waals surface area contributed by atoms with Crippen LogP contribution in [0.3, 0.4) is 0 Å². The third-order valence-corrected chi connectivity index (χ3v) is 13.5. The Morgan fingerprint density at radius 3 is 2.45 bits per heavy atom. The Kier molecular flexibility index (Phi) is 9.41. The third-order valence-electron chi connectivity index (χ3n) is 13.5. The highest BCUT2D eigenvalue weighted by atomic mass is 16.5. The third kappa shape index (κ3) is 6.03. The Morgan fingerprint density at radius 2 is 1.71 bits per heavy atom. The molecule has 10 atom stereocenters. The van der Waals surface area contributed by atoms with Crippen molar-refractivity contribution in [1.82, 2.24) is 0 Å². The first-order valence-electron chi connectivity index (χ1n) is 17.2. The molecule has 4 nitrogen and oxygen atoms in total. The molecule has 0 saturated heterocycles. The normalized spacial score (nSPS) is 37.5. The lowest BCUT2D eigenvalue weighted by Crippen LogP contribution is -2.54. The second-order valence-electron chi connectivity index (χ2n) is 15.8. The minimum atomic E-state index is -0.272. The number of methoxy groups -OCH3 is 1. The van der Waals surface area contributed by atoms with E-state index in [1.165, 1.54) is 71.0 Å². The topological polar surface area (TPSA) is 55.8 Å². The zero-order chi connectivity index (χ0) is 30.2. The van der Waals surface area contributed by atoms with Gasteiger partial charge in [0.1, 0.15) is 6.10 Å². The molecule has 1 aromatic rings. The maximum Gasteiger partial charge on any atom is 0.331 e. The van der Waals surface area contributed by atoms with Crippen molar-refractivity contribution in [2.24, 2.45) is 58.2 Å². The highest BCUT2D eigenvalue weighted by Crippen LogP contribution is 2.68. The number of esters is 1. The van der Waals surface area contributed by atoms with Gasteiger partial charge in [-0.15, -0.1) is 0 Å². The number of benzene rings is 1. The van der Waals surface area contributed by atoms with E-state index in [0.717, 1.165) is 59.8 Å². The molecule has 4 aliphatic rings. The number of fused-ring (bicyclic) bond motifs is 5. The van der Waals surface area contributed by atoms with E-state index in [0.29, 0.717) is 22.5 Å². The minimum Gasteiger partial charge on any atom is -0.504 e. The van der Waals surface area contributed by atoms with Crippen LogP contribution in [0.1, 0.15) is 118 Å². The van der Waals surface area contributed by atoms with Gasteiger partial charge in [-0.3, -0.25) is 0 Å². The molecular weight excluding hydrogens is 520 g/mol. The van der Waals surface area contributed by atoms with Crippen LogP contribution in [0.25, 0.3) is 6.08 Å². The van der Waals surface area contributed by atoms with Crippen LogP contribution < -0.4 is 4.74 Å². The molecule has 4 saturated carbocycles. The van der Waals surface area contributed by atoms with Gasteiger partial charge in [0, 0.05) is 6.08 Å². The second kappa shape index (κ2) is 12.6. The largest absolute Gasteiger partial charge is 0.504 e. The fourth-order valence-electron chi connectivity index (χ4n) is 10.5. The van der Waals surface area contributed by atoms with E-state index < -0.39 is 0 Å². The first kappa shape index (κ1) is 31.5. The van der Waals surface area contributed by atoms with Crippen LogP contribution in [0.4, 0.5) is 0 Å². The SMILES string of the molecule is COc1cc(/C=C/C(=O)O[C@H]2CC[C@@]3(C)C(CC[C@H]4[C@@H]5CC[C@H]([C@H](C)CC[C@@H](C)C(C)C)[C@@]5(C)CC[C@@H]43)C2)ccc1O. The van der Waals surface area contributed by atoms with Gasteiger partial charge in [0.2, 0.25) is 0 Å². The van der Waals surface area contributed by atoms with Crippen LogP contribution in [0, 0.1) is 58.2 Å². The maximum atomic E-state index is 12.7. The summed E-state index contributed by atoms with van der Waals surface area (Å²) >= 11 is 0. The smallest absolute Gasteiger partial charge is 0.331 e. The summed E-state index contributed by atoms with van der Waals surface area (Å²) in [6.07, 6.45) is 17.6. The molecule has 0 radical (unpaired) electrons. The number of hydrogen-bond acceptors (Lipinski definition) is 4. The van der Waals surface area contributed by atoms with Gasteiger partial charge in [-0.05, 0) is 140 Å². The molecule has 1 aromatic carbocycles. The Balaban J connectivity index is 1.18. The predicted molar refractivity (Wildman–Crippen MR) is 171 cm³/mol. The number of ether oxygens (including phenoxy) is 2. The molecule has 4 heteroatoms. The van der Waals surface area contributed by atoms with Crippen molar-refractivity contribution >= 4 is 12.0 Å². The highest BCUT2D eigenvalue weighted by molar-refractivity contribution is 5.87. The Labute approximate surface area is 256 Å². The Morgan fingerprint density at radius 1 is 0.976 bits per heavy atom. The van der Waals surface area contributed by atoms with Gasteiger partial charge in [-0.2, -0.15) is 0 Å². The van der Waals surface area contributed by atoms with Crippen molar-refractivity contribution < 1.29 is 19.4 Å². The van der Waals surface area contributed by atoms with Crippen molar-refractivity contribution in [1.29, 1.82) is 0 Å². The molecular formula is C38H58O4. The number of rotatable bonds is 9. The van der Waals surface area contributed by atoms with Gasteiger partial charge in [0.25, 0.3) is 0 Å². The molecule has 1 unspecified atom stereocenters. The molecule has 4 aliphatic carbocycles. The highest BCUT2D eigenvalue weighted by Gasteiger charge is 2.60. The van der Waals surface area contributed by atoms with Crippen LogP contribution in [0.5, 0.6) is 11.5 Å². The van der Waals surface area contributed by atoms with Gasteiger partial charge in [-0.25, -0.2) is 4.79 Å². The standard InChI is InChI=1S/C38H58O4/c1-24(2)25(3)8-9-26(4)31-14-15-32-30-13-12-28-23-29(18-20-37(28,5)33(30)19-21-38(31,32)6)42-36(40)17-11-27-10-16-34(39)35(22-27)41-7/h10-11,16-17,22,24-26,28-33,39H,8-9,12-15,18-21,23H2,1-7H3/b17-11+/t25-,26-,28?,29+,30+,31-,32+,33+,37+,38-/m1/s1. The maximum absolute atomic E-state index is 12.7. The molecule has 1 N–H and O–H groups in total. The van der Waals surface area contributed by atoms with Gasteiger partial charge >= 0.3 is 5.97 Å². The molecule has 0 spiro atoms. The zero-order valence-corrected chi connectivity index (χ0v) is 27.5.